The molecule has 0 spiro atoms. The number of carbonyl (C=O) groups excluding carboxylic acids is 1. The number of aldehydes is 1. The van der Waals surface area contributed by atoms with Crippen LogP contribution in [0.25, 0.3) is 16.9 Å². The van der Waals surface area contributed by atoms with E-state index in [0.29, 0.717) is 46.0 Å². The highest BCUT2D eigenvalue weighted by Crippen LogP contribution is 2.28. The average molecular weight is 504 g/mol. The van der Waals surface area contributed by atoms with E-state index in [0.717, 1.165) is 6.26 Å². The van der Waals surface area contributed by atoms with Gasteiger partial charge >= 0.3 is 0 Å². The predicted molar refractivity (Wildman–Crippen MR) is 132 cm³/mol. The Morgan fingerprint density at radius 1 is 0.972 bits per heavy atom. The van der Waals surface area contributed by atoms with Crippen LogP contribution in [0.4, 0.5) is 27.7 Å². The van der Waals surface area contributed by atoms with Gasteiger partial charge in [0.05, 0.1) is 10.6 Å². The van der Waals surface area contributed by atoms with Crippen LogP contribution in [-0.4, -0.2) is 45.5 Å². The Kier molecular flexibility index (Phi) is 5.86. The van der Waals surface area contributed by atoms with Gasteiger partial charge in [-0.1, -0.05) is 6.07 Å². The molecular weight excluding hydrogens is 485 g/mol. The monoisotopic (exact) mass is 503 g/mol. The van der Waals surface area contributed by atoms with E-state index in [4.69, 9.17) is 0 Å². The van der Waals surface area contributed by atoms with E-state index >= 15 is 0 Å². The van der Waals surface area contributed by atoms with Gasteiger partial charge < -0.3 is 10.6 Å². The summed E-state index contributed by atoms with van der Waals surface area (Å²) >= 11 is 0. The summed E-state index contributed by atoms with van der Waals surface area (Å²) in [5.74, 6) is 0.488. The van der Waals surface area contributed by atoms with E-state index in [1.807, 2.05) is 0 Å². The highest BCUT2D eigenvalue weighted by molar-refractivity contribution is 7.90. The van der Waals surface area contributed by atoms with Crippen LogP contribution in [0.2, 0.25) is 0 Å². The third kappa shape index (κ3) is 4.74. The summed E-state index contributed by atoms with van der Waals surface area (Å²) in [6.45, 7) is 0. The third-order valence-corrected chi connectivity index (χ3v) is 6.32. The van der Waals surface area contributed by atoms with Crippen LogP contribution >= 0.6 is 0 Å². The Morgan fingerprint density at radius 3 is 2.44 bits per heavy atom. The van der Waals surface area contributed by atoms with Crippen molar-refractivity contribution in [3.8, 4) is 5.69 Å². The number of aromatic nitrogens is 5. The number of benzene rings is 2. The van der Waals surface area contributed by atoms with Crippen LogP contribution in [0.3, 0.4) is 0 Å². The lowest BCUT2D eigenvalue weighted by Crippen LogP contribution is -2.05. The second kappa shape index (κ2) is 9.15. The fraction of sp³-hybridized carbons (Fsp3) is 0.0417. The van der Waals surface area contributed by atoms with Crippen LogP contribution in [0.1, 0.15) is 10.4 Å². The molecule has 5 rings (SSSR count). The van der Waals surface area contributed by atoms with Crippen LogP contribution in [0.15, 0.2) is 78.1 Å². The smallest absolute Gasteiger partial charge is 0.232 e. The third-order valence-electron chi connectivity index (χ3n) is 5.19. The molecule has 0 aliphatic carbocycles. The zero-order valence-electron chi connectivity index (χ0n) is 18.8. The van der Waals surface area contributed by atoms with Gasteiger partial charge in [0, 0.05) is 23.7 Å². The second-order valence-electron chi connectivity index (χ2n) is 7.80. The van der Waals surface area contributed by atoms with Gasteiger partial charge in [0.25, 0.3) is 0 Å². The molecule has 3 aromatic heterocycles. The molecule has 0 saturated heterocycles. The van der Waals surface area contributed by atoms with Gasteiger partial charge in [0.15, 0.2) is 33.1 Å². The maximum absolute atomic E-state index is 13.9. The SMILES string of the molecule is CS(=O)(=O)c1ccc(Nc2nc(Nc3ccc(C=O)cn3)nc3c2ncn3-c2cccc(F)c2)cc1. The zero-order valence-corrected chi connectivity index (χ0v) is 19.6. The van der Waals surface area contributed by atoms with Gasteiger partial charge in [-0.3, -0.25) is 9.36 Å². The van der Waals surface area contributed by atoms with Crippen LogP contribution in [-0.2, 0) is 9.84 Å². The molecule has 0 amide bonds. The Labute approximate surface area is 204 Å². The minimum absolute atomic E-state index is 0.169. The Hall–Kier alpha value is -4.71. The first-order chi connectivity index (χ1) is 17.3. The van der Waals surface area contributed by atoms with Gasteiger partial charge in [-0.15, -0.1) is 0 Å². The number of pyridine rings is 1. The van der Waals surface area contributed by atoms with Crippen molar-refractivity contribution < 1.29 is 17.6 Å². The Bertz CT molecular complexity index is 1690. The molecule has 2 aromatic carbocycles. The molecule has 0 fully saturated rings. The van der Waals surface area contributed by atoms with E-state index in [1.165, 1.54) is 36.8 Å². The second-order valence-corrected chi connectivity index (χ2v) is 9.82. The van der Waals surface area contributed by atoms with Gasteiger partial charge in [-0.2, -0.15) is 9.97 Å². The summed E-state index contributed by atoms with van der Waals surface area (Å²) in [4.78, 5) is 28.8. The van der Waals surface area contributed by atoms with Crippen molar-refractivity contribution in [2.24, 2.45) is 0 Å². The number of anilines is 4. The first-order valence-corrected chi connectivity index (χ1v) is 12.5. The van der Waals surface area contributed by atoms with Crippen molar-refractivity contribution in [1.82, 2.24) is 24.5 Å². The predicted octanol–water partition coefficient (Wildman–Crippen LogP) is 4.05. The van der Waals surface area contributed by atoms with Crippen LogP contribution < -0.4 is 10.6 Å². The van der Waals surface area contributed by atoms with E-state index < -0.39 is 15.7 Å². The average Bonchev–Trinajstić information content (AvgIpc) is 3.29. The largest absolute Gasteiger partial charge is 0.338 e. The first kappa shape index (κ1) is 23.1. The number of nitrogens with one attached hydrogen (secondary N) is 2. The van der Waals surface area contributed by atoms with Crippen molar-refractivity contribution in [1.29, 1.82) is 0 Å². The van der Waals surface area contributed by atoms with E-state index in [-0.39, 0.29) is 10.8 Å². The maximum atomic E-state index is 13.9. The number of fused-ring (bicyclic) bond motifs is 1. The molecule has 0 aliphatic rings. The normalized spacial score (nSPS) is 11.4. The number of carbonyl (C=O) groups is 1. The van der Waals surface area contributed by atoms with Crippen LogP contribution in [0, 0.1) is 5.82 Å². The molecule has 10 nitrogen and oxygen atoms in total. The quantitative estimate of drug-likeness (QED) is 0.316. The van der Waals surface area contributed by atoms with E-state index in [9.17, 15) is 17.6 Å². The fourth-order valence-electron chi connectivity index (χ4n) is 3.44. The zero-order chi connectivity index (χ0) is 25.3. The molecular formula is C24H18FN7O3S. The minimum atomic E-state index is -3.34. The highest BCUT2D eigenvalue weighted by atomic mass is 32.2. The number of halogens is 1. The highest BCUT2D eigenvalue weighted by Gasteiger charge is 2.16. The molecule has 3 heterocycles. The Balaban J connectivity index is 1.59. The molecule has 0 aliphatic heterocycles. The van der Waals surface area contributed by atoms with Gasteiger partial charge in [0.2, 0.25) is 5.95 Å². The number of imidazole rings is 1. The summed E-state index contributed by atoms with van der Waals surface area (Å²) in [5, 5.41) is 6.14. The summed E-state index contributed by atoms with van der Waals surface area (Å²) < 4.78 is 39.1. The summed E-state index contributed by atoms with van der Waals surface area (Å²) in [6, 6.07) is 15.4. The van der Waals surface area contributed by atoms with Gasteiger partial charge in [0.1, 0.15) is 18.0 Å². The summed E-state index contributed by atoms with van der Waals surface area (Å²) in [7, 11) is -3.34. The van der Waals surface area contributed by atoms with E-state index in [2.05, 4.69) is 30.6 Å². The van der Waals surface area contributed by atoms with E-state index in [1.54, 1.807) is 41.0 Å². The fourth-order valence-corrected chi connectivity index (χ4v) is 4.07. The van der Waals surface area contributed by atoms with Crippen LogP contribution in [0.5, 0.6) is 0 Å². The number of nitrogens with zero attached hydrogens (tertiary/aromatic N) is 5. The van der Waals surface area contributed by atoms with Gasteiger partial charge in [-0.25, -0.2) is 22.8 Å². The Morgan fingerprint density at radius 2 is 1.78 bits per heavy atom. The number of rotatable bonds is 7. The van der Waals surface area contributed by atoms with Crippen molar-refractivity contribution in [2.45, 2.75) is 4.90 Å². The number of hydrogen-bond acceptors (Lipinski definition) is 9. The topological polar surface area (TPSA) is 132 Å². The van der Waals surface area contributed by atoms with Crippen molar-refractivity contribution >= 4 is 50.6 Å². The van der Waals surface area contributed by atoms with Crippen molar-refractivity contribution in [3.05, 3.63) is 84.6 Å². The molecule has 12 heteroatoms. The molecule has 36 heavy (non-hydrogen) atoms. The van der Waals surface area contributed by atoms with Gasteiger partial charge in [-0.05, 0) is 54.6 Å². The lowest BCUT2D eigenvalue weighted by atomic mass is 10.3. The molecule has 0 radical (unpaired) electrons. The summed E-state index contributed by atoms with van der Waals surface area (Å²) in [5.41, 5.74) is 2.29. The molecule has 0 atom stereocenters. The van der Waals surface area contributed by atoms with Crippen molar-refractivity contribution in [2.75, 3.05) is 16.9 Å². The molecule has 0 unspecified atom stereocenters. The molecule has 0 saturated carbocycles. The molecule has 180 valence electrons. The summed E-state index contributed by atoms with van der Waals surface area (Å²) in [6.07, 6.45) is 4.74. The lowest BCUT2D eigenvalue weighted by molar-refractivity contribution is 0.112. The number of sulfone groups is 1. The number of hydrogen-bond donors (Lipinski definition) is 2. The first-order valence-electron chi connectivity index (χ1n) is 10.6. The maximum Gasteiger partial charge on any atom is 0.232 e. The van der Waals surface area contributed by atoms with Crippen molar-refractivity contribution in [3.63, 3.8) is 0 Å². The standard InChI is InChI=1S/C24H18FN7O3S/c1-36(34,35)19-8-6-17(7-9-19)28-22-21-23(32(14-27-21)18-4-2-3-16(25)11-18)31-24(30-22)29-20-10-5-15(13-33)12-26-20/h2-14H,1H3,(H2,26,28,29,30,31). The minimum Gasteiger partial charge on any atom is -0.338 e. The molecule has 5 aromatic rings. The molecule has 2 N–H and O–H groups in total. The molecule has 0 bridgehead atoms. The lowest BCUT2D eigenvalue weighted by Gasteiger charge is -2.11.